The Bertz CT molecular complexity index is 1380. The molecule has 0 unspecified atom stereocenters. The summed E-state index contributed by atoms with van der Waals surface area (Å²) < 4.78 is 13.2. The number of ether oxygens (including phenoxy) is 1. The van der Waals surface area contributed by atoms with E-state index in [4.69, 9.17) is 9.15 Å². The van der Waals surface area contributed by atoms with Crippen LogP contribution in [0.25, 0.3) is 33.0 Å². The number of hydrogen-bond acceptors (Lipinski definition) is 4. The van der Waals surface area contributed by atoms with Gasteiger partial charge in [0, 0.05) is 17.3 Å². The molecule has 0 N–H and O–H groups in total. The fourth-order valence-electron chi connectivity index (χ4n) is 3.84. The summed E-state index contributed by atoms with van der Waals surface area (Å²) in [6.45, 7) is 4.80. The lowest BCUT2D eigenvalue weighted by Gasteiger charge is -2.08. The van der Waals surface area contributed by atoms with Gasteiger partial charge in [0.1, 0.15) is 17.0 Å². The number of fused-ring (bicyclic) bond motifs is 4. The van der Waals surface area contributed by atoms with Crippen LogP contribution in [0.5, 0.6) is 0 Å². The first-order valence-corrected chi connectivity index (χ1v) is 9.68. The van der Waals surface area contributed by atoms with Crippen molar-refractivity contribution in [2.45, 2.75) is 20.4 Å². The molecule has 5 aromatic rings. The Hall–Kier alpha value is -3.60. The quantitative estimate of drug-likeness (QED) is 0.386. The lowest BCUT2D eigenvalue weighted by atomic mass is 10.1. The van der Waals surface area contributed by atoms with Crippen molar-refractivity contribution >= 4 is 38.9 Å². The average Bonchev–Trinajstić information content (AvgIpc) is 3.25. The van der Waals surface area contributed by atoms with Crippen LogP contribution in [0.1, 0.15) is 28.7 Å². The average molecular weight is 384 g/mol. The second-order valence-electron chi connectivity index (χ2n) is 7.10. The van der Waals surface area contributed by atoms with Crippen LogP contribution in [-0.2, 0) is 11.3 Å². The number of para-hydroxylation sites is 1. The maximum Gasteiger partial charge on any atom is 0.338 e. The molecule has 5 nitrogen and oxygen atoms in total. The van der Waals surface area contributed by atoms with Crippen molar-refractivity contribution in [2.24, 2.45) is 0 Å². The molecule has 0 bridgehead atoms. The topological polar surface area (TPSA) is 57.3 Å². The van der Waals surface area contributed by atoms with E-state index in [9.17, 15) is 4.79 Å². The highest BCUT2D eigenvalue weighted by Gasteiger charge is 2.14. The molecule has 0 amide bonds. The number of carbonyl (C=O) groups excluding carboxylic acids is 1. The smallest absolute Gasteiger partial charge is 0.338 e. The van der Waals surface area contributed by atoms with E-state index in [2.05, 4.69) is 27.8 Å². The number of aromatic nitrogens is 2. The lowest BCUT2D eigenvalue weighted by molar-refractivity contribution is 0.0526. The first-order valence-electron chi connectivity index (χ1n) is 9.68. The molecule has 5 rings (SSSR count). The number of benzene rings is 3. The fourth-order valence-corrected chi connectivity index (χ4v) is 3.84. The van der Waals surface area contributed by atoms with Gasteiger partial charge < -0.3 is 13.7 Å². The lowest BCUT2D eigenvalue weighted by Crippen LogP contribution is -2.06. The number of rotatable bonds is 4. The Labute approximate surface area is 167 Å². The van der Waals surface area contributed by atoms with E-state index in [0.29, 0.717) is 18.7 Å². The normalized spacial score (nSPS) is 11.5. The summed E-state index contributed by atoms with van der Waals surface area (Å²) in [5, 5.41) is 2.22. The third-order valence-corrected chi connectivity index (χ3v) is 5.23. The zero-order chi connectivity index (χ0) is 20.0. The fraction of sp³-hybridized carbons (Fsp3) is 0.167. The van der Waals surface area contributed by atoms with Crippen LogP contribution in [-0.4, -0.2) is 22.1 Å². The van der Waals surface area contributed by atoms with E-state index >= 15 is 0 Å². The van der Waals surface area contributed by atoms with Crippen molar-refractivity contribution in [1.82, 2.24) is 9.55 Å². The van der Waals surface area contributed by atoms with E-state index < -0.39 is 0 Å². The summed E-state index contributed by atoms with van der Waals surface area (Å²) in [5.41, 5.74) is 5.25. The summed E-state index contributed by atoms with van der Waals surface area (Å²) in [7, 11) is 0. The predicted molar refractivity (Wildman–Crippen MR) is 113 cm³/mol. The van der Waals surface area contributed by atoms with Crippen LogP contribution in [0.15, 0.2) is 65.1 Å². The molecule has 0 aliphatic rings. The highest BCUT2D eigenvalue weighted by atomic mass is 16.5. The Balaban J connectivity index is 1.58. The number of nitrogens with zero attached hydrogens (tertiary/aromatic N) is 2. The van der Waals surface area contributed by atoms with Crippen molar-refractivity contribution < 1.29 is 13.9 Å². The highest BCUT2D eigenvalue weighted by Crippen LogP contribution is 2.30. The van der Waals surface area contributed by atoms with Gasteiger partial charge in [-0.05, 0) is 55.8 Å². The molecule has 3 aromatic carbocycles. The number of imidazole rings is 1. The number of carbonyl (C=O) groups is 1. The van der Waals surface area contributed by atoms with Crippen LogP contribution in [0.4, 0.5) is 0 Å². The van der Waals surface area contributed by atoms with E-state index in [0.717, 1.165) is 44.4 Å². The van der Waals surface area contributed by atoms with E-state index in [1.165, 1.54) is 0 Å². The van der Waals surface area contributed by atoms with Crippen molar-refractivity contribution in [1.29, 1.82) is 0 Å². The molecule has 144 valence electrons. The second-order valence-corrected chi connectivity index (χ2v) is 7.10. The molecule has 29 heavy (non-hydrogen) atoms. The Morgan fingerprint density at radius 2 is 1.86 bits per heavy atom. The number of esters is 1. The molecular weight excluding hydrogens is 364 g/mol. The van der Waals surface area contributed by atoms with E-state index in [-0.39, 0.29) is 5.97 Å². The molecule has 0 aliphatic carbocycles. The van der Waals surface area contributed by atoms with Gasteiger partial charge in [0.2, 0.25) is 0 Å². The Morgan fingerprint density at radius 1 is 1.03 bits per heavy atom. The van der Waals surface area contributed by atoms with E-state index in [1.54, 1.807) is 13.0 Å². The Morgan fingerprint density at radius 3 is 2.72 bits per heavy atom. The van der Waals surface area contributed by atoms with Crippen LogP contribution < -0.4 is 0 Å². The Kier molecular flexibility index (Phi) is 4.09. The molecule has 0 atom stereocenters. The molecule has 0 fully saturated rings. The molecule has 2 aromatic heterocycles. The van der Waals surface area contributed by atoms with Crippen molar-refractivity contribution in [3.05, 3.63) is 77.6 Å². The first kappa shape index (κ1) is 17.5. The summed E-state index contributed by atoms with van der Waals surface area (Å²) in [5.74, 6) is 0.587. The molecular formula is C24H20N2O3. The molecule has 5 heteroatoms. The van der Waals surface area contributed by atoms with Gasteiger partial charge in [-0.3, -0.25) is 0 Å². The molecule has 0 aliphatic heterocycles. The minimum atomic E-state index is -0.314. The minimum Gasteiger partial charge on any atom is -0.462 e. The monoisotopic (exact) mass is 384 g/mol. The standard InChI is InChI=1S/C24H20N2O3/c1-3-28-24(27)17-9-10-20-21(13-17)26(15(2)25-20)14-16-8-11-23-19(12-16)18-6-4-5-7-22(18)29-23/h4-13H,3,14H2,1-2H3. The third-order valence-electron chi connectivity index (χ3n) is 5.23. The molecule has 0 radical (unpaired) electrons. The first-order chi connectivity index (χ1) is 14.1. The van der Waals surface area contributed by atoms with Crippen molar-refractivity contribution in [2.75, 3.05) is 6.61 Å². The molecule has 0 spiro atoms. The van der Waals surface area contributed by atoms with Gasteiger partial charge in [-0.2, -0.15) is 0 Å². The summed E-state index contributed by atoms with van der Waals surface area (Å²) in [6.07, 6.45) is 0. The number of aryl methyl sites for hydroxylation is 1. The minimum absolute atomic E-state index is 0.314. The van der Waals surface area contributed by atoms with Gasteiger partial charge in [-0.1, -0.05) is 24.3 Å². The second kappa shape index (κ2) is 6.78. The van der Waals surface area contributed by atoms with E-state index in [1.807, 2.05) is 43.3 Å². The predicted octanol–water partition coefficient (Wildman–Crippen LogP) is 5.47. The van der Waals surface area contributed by atoms with Crippen molar-refractivity contribution in [3.8, 4) is 0 Å². The van der Waals surface area contributed by atoms with Crippen LogP contribution in [0.2, 0.25) is 0 Å². The highest BCUT2D eigenvalue weighted by molar-refractivity contribution is 6.05. The molecule has 2 heterocycles. The van der Waals surface area contributed by atoms with Crippen LogP contribution >= 0.6 is 0 Å². The van der Waals surface area contributed by atoms with Gasteiger partial charge in [0.25, 0.3) is 0 Å². The van der Waals surface area contributed by atoms with Crippen LogP contribution in [0.3, 0.4) is 0 Å². The van der Waals surface area contributed by atoms with Gasteiger partial charge in [0.15, 0.2) is 0 Å². The van der Waals surface area contributed by atoms with Crippen molar-refractivity contribution in [3.63, 3.8) is 0 Å². The van der Waals surface area contributed by atoms with Crippen LogP contribution in [0, 0.1) is 6.92 Å². The van der Waals surface area contributed by atoms with Gasteiger partial charge >= 0.3 is 5.97 Å². The SMILES string of the molecule is CCOC(=O)c1ccc2nc(C)n(Cc3ccc4oc5ccccc5c4c3)c2c1. The zero-order valence-electron chi connectivity index (χ0n) is 16.3. The maximum absolute atomic E-state index is 12.1. The summed E-state index contributed by atoms with van der Waals surface area (Å²) in [4.78, 5) is 16.8. The largest absolute Gasteiger partial charge is 0.462 e. The number of hydrogen-bond donors (Lipinski definition) is 0. The zero-order valence-corrected chi connectivity index (χ0v) is 16.3. The maximum atomic E-state index is 12.1. The summed E-state index contributed by atoms with van der Waals surface area (Å²) in [6, 6.07) is 19.8. The summed E-state index contributed by atoms with van der Waals surface area (Å²) >= 11 is 0. The van der Waals surface area contributed by atoms with Gasteiger partial charge in [0.05, 0.1) is 23.2 Å². The third kappa shape index (κ3) is 2.95. The van der Waals surface area contributed by atoms with Gasteiger partial charge in [-0.25, -0.2) is 9.78 Å². The molecule has 0 saturated carbocycles. The molecule has 0 saturated heterocycles. The number of furan rings is 1. The van der Waals surface area contributed by atoms with Gasteiger partial charge in [-0.15, -0.1) is 0 Å².